The summed E-state index contributed by atoms with van der Waals surface area (Å²) in [5.41, 5.74) is 3.43. The van der Waals surface area contributed by atoms with Crippen LogP contribution in [-0.4, -0.2) is 12.6 Å². The van der Waals surface area contributed by atoms with Crippen molar-refractivity contribution in [2.45, 2.75) is 90.0 Å². The van der Waals surface area contributed by atoms with Crippen molar-refractivity contribution < 1.29 is 0 Å². The van der Waals surface area contributed by atoms with Crippen LogP contribution >= 0.6 is 0 Å². The molecule has 0 amide bonds. The van der Waals surface area contributed by atoms with Crippen molar-refractivity contribution in [2.75, 3.05) is 6.54 Å². The zero-order chi connectivity index (χ0) is 14.0. The van der Waals surface area contributed by atoms with Gasteiger partial charge in [0.15, 0.2) is 0 Å². The van der Waals surface area contributed by atoms with Crippen molar-refractivity contribution in [3.05, 3.63) is 23.3 Å². The first kappa shape index (κ1) is 15.8. The second-order valence-corrected chi connectivity index (χ2v) is 6.55. The van der Waals surface area contributed by atoms with E-state index in [9.17, 15) is 0 Å². The van der Waals surface area contributed by atoms with Gasteiger partial charge in [-0.15, -0.1) is 0 Å². The van der Waals surface area contributed by atoms with Crippen LogP contribution in [0.1, 0.15) is 84.0 Å². The molecule has 2 aliphatic carbocycles. The number of hydrogen-bond donors (Lipinski definition) is 1. The van der Waals surface area contributed by atoms with E-state index in [0.29, 0.717) is 6.04 Å². The summed E-state index contributed by atoms with van der Waals surface area (Å²) in [5, 5.41) is 3.83. The molecule has 1 atom stereocenters. The van der Waals surface area contributed by atoms with Crippen molar-refractivity contribution >= 4 is 0 Å². The molecular weight excluding hydrogens is 242 g/mol. The van der Waals surface area contributed by atoms with E-state index < -0.39 is 0 Å². The highest BCUT2D eigenvalue weighted by molar-refractivity contribution is 5.18. The molecule has 0 aromatic heterocycles. The number of rotatable bonds is 6. The van der Waals surface area contributed by atoms with Crippen LogP contribution in [0.5, 0.6) is 0 Å². The third-order valence-electron chi connectivity index (χ3n) is 4.77. The number of nitrogens with one attached hydrogen (secondary N) is 1. The summed E-state index contributed by atoms with van der Waals surface area (Å²) in [5.74, 6) is 0. The van der Waals surface area contributed by atoms with Gasteiger partial charge in [0.2, 0.25) is 0 Å². The van der Waals surface area contributed by atoms with Crippen LogP contribution in [0.15, 0.2) is 23.3 Å². The minimum absolute atomic E-state index is 0.623. The van der Waals surface area contributed by atoms with Crippen molar-refractivity contribution in [3.8, 4) is 0 Å². The molecular formula is C19H33N. The molecule has 0 fully saturated rings. The van der Waals surface area contributed by atoms with Gasteiger partial charge in [-0.25, -0.2) is 0 Å². The molecule has 0 aromatic carbocycles. The number of allylic oxidation sites excluding steroid dienone is 2. The molecule has 1 heteroatoms. The normalized spacial score (nSPS) is 22.4. The lowest BCUT2D eigenvalue weighted by molar-refractivity contribution is 0.510. The molecule has 114 valence electrons. The van der Waals surface area contributed by atoms with Crippen LogP contribution < -0.4 is 5.32 Å². The number of hydrogen-bond acceptors (Lipinski definition) is 1. The van der Waals surface area contributed by atoms with E-state index in [1.54, 1.807) is 11.1 Å². The third kappa shape index (κ3) is 5.44. The fourth-order valence-electron chi connectivity index (χ4n) is 3.54. The molecule has 0 spiro atoms. The summed E-state index contributed by atoms with van der Waals surface area (Å²) in [7, 11) is 0. The van der Waals surface area contributed by atoms with Gasteiger partial charge in [-0.05, 0) is 70.8 Å². The van der Waals surface area contributed by atoms with Gasteiger partial charge in [0, 0.05) is 6.04 Å². The Morgan fingerprint density at radius 1 is 0.950 bits per heavy atom. The first-order valence-corrected chi connectivity index (χ1v) is 9.00. The van der Waals surface area contributed by atoms with E-state index in [1.165, 1.54) is 77.0 Å². The fourth-order valence-corrected chi connectivity index (χ4v) is 3.54. The SMILES string of the molecule is CCCNC(CC1=CCCCC1)C1=CCCCCCC1. The maximum Gasteiger partial charge on any atom is 0.0316 e. The van der Waals surface area contributed by atoms with E-state index in [0.717, 1.165) is 6.54 Å². The Balaban J connectivity index is 1.98. The summed E-state index contributed by atoms with van der Waals surface area (Å²) in [6.45, 7) is 3.44. The van der Waals surface area contributed by atoms with Crippen LogP contribution in [0, 0.1) is 0 Å². The van der Waals surface area contributed by atoms with Crippen molar-refractivity contribution in [2.24, 2.45) is 0 Å². The lowest BCUT2D eigenvalue weighted by Crippen LogP contribution is -2.32. The summed E-state index contributed by atoms with van der Waals surface area (Å²) >= 11 is 0. The van der Waals surface area contributed by atoms with Crippen LogP contribution in [0.3, 0.4) is 0 Å². The predicted octanol–water partition coefficient (Wildman–Crippen LogP) is 5.53. The fraction of sp³-hybridized carbons (Fsp3) is 0.789. The summed E-state index contributed by atoms with van der Waals surface area (Å²) in [4.78, 5) is 0. The second kappa shape index (κ2) is 9.39. The molecule has 1 unspecified atom stereocenters. The quantitative estimate of drug-likeness (QED) is 0.629. The molecule has 0 heterocycles. The Kier molecular flexibility index (Phi) is 7.43. The van der Waals surface area contributed by atoms with Gasteiger partial charge in [0.1, 0.15) is 0 Å². The maximum atomic E-state index is 3.83. The third-order valence-corrected chi connectivity index (χ3v) is 4.77. The van der Waals surface area contributed by atoms with Crippen LogP contribution in [-0.2, 0) is 0 Å². The zero-order valence-corrected chi connectivity index (χ0v) is 13.4. The topological polar surface area (TPSA) is 12.0 Å². The van der Waals surface area contributed by atoms with Crippen LogP contribution in [0.2, 0.25) is 0 Å². The summed E-state index contributed by atoms with van der Waals surface area (Å²) in [6.07, 6.45) is 21.4. The average Bonchev–Trinajstić information content (AvgIpc) is 2.45. The Labute approximate surface area is 125 Å². The van der Waals surface area contributed by atoms with Crippen molar-refractivity contribution in [3.63, 3.8) is 0 Å². The Bertz CT molecular complexity index is 327. The smallest absolute Gasteiger partial charge is 0.0316 e. The molecule has 0 saturated carbocycles. The molecule has 1 N–H and O–H groups in total. The summed E-state index contributed by atoms with van der Waals surface area (Å²) < 4.78 is 0. The minimum Gasteiger partial charge on any atom is -0.310 e. The standard InChI is InChI=1S/C19H33N/c1-2-15-20-19(16-17-11-7-6-8-12-17)18-13-9-4-3-5-10-14-18/h11,13,19-20H,2-10,12,14-16H2,1H3. The highest BCUT2D eigenvalue weighted by Crippen LogP contribution is 2.27. The predicted molar refractivity (Wildman–Crippen MR) is 89.0 cm³/mol. The first-order valence-electron chi connectivity index (χ1n) is 9.00. The molecule has 20 heavy (non-hydrogen) atoms. The summed E-state index contributed by atoms with van der Waals surface area (Å²) in [6, 6.07) is 0.623. The Hall–Kier alpha value is -0.560. The molecule has 0 radical (unpaired) electrons. The molecule has 2 aliphatic rings. The van der Waals surface area contributed by atoms with Crippen LogP contribution in [0.4, 0.5) is 0 Å². The van der Waals surface area contributed by atoms with Gasteiger partial charge >= 0.3 is 0 Å². The van der Waals surface area contributed by atoms with Gasteiger partial charge < -0.3 is 5.32 Å². The second-order valence-electron chi connectivity index (χ2n) is 6.55. The largest absolute Gasteiger partial charge is 0.310 e. The first-order chi connectivity index (χ1) is 9.90. The molecule has 1 nitrogen and oxygen atoms in total. The lowest BCUT2D eigenvalue weighted by Gasteiger charge is -2.26. The molecule has 0 aliphatic heterocycles. The monoisotopic (exact) mass is 275 g/mol. The van der Waals surface area contributed by atoms with Gasteiger partial charge in [-0.1, -0.05) is 43.1 Å². The molecule has 2 rings (SSSR count). The van der Waals surface area contributed by atoms with E-state index in [-0.39, 0.29) is 0 Å². The van der Waals surface area contributed by atoms with Crippen LogP contribution in [0.25, 0.3) is 0 Å². The average molecular weight is 275 g/mol. The van der Waals surface area contributed by atoms with E-state index >= 15 is 0 Å². The van der Waals surface area contributed by atoms with Gasteiger partial charge in [0.05, 0.1) is 0 Å². The van der Waals surface area contributed by atoms with E-state index in [1.807, 2.05) is 0 Å². The zero-order valence-electron chi connectivity index (χ0n) is 13.4. The van der Waals surface area contributed by atoms with E-state index in [4.69, 9.17) is 0 Å². The minimum atomic E-state index is 0.623. The highest BCUT2D eigenvalue weighted by Gasteiger charge is 2.17. The molecule has 0 saturated heterocycles. The van der Waals surface area contributed by atoms with E-state index in [2.05, 4.69) is 24.4 Å². The lowest BCUT2D eigenvalue weighted by atomic mass is 9.88. The molecule has 0 bridgehead atoms. The van der Waals surface area contributed by atoms with Gasteiger partial charge in [0.25, 0.3) is 0 Å². The highest BCUT2D eigenvalue weighted by atomic mass is 14.9. The van der Waals surface area contributed by atoms with Gasteiger partial charge in [-0.2, -0.15) is 0 Å². The Morgan fingerprint density at radius 2 is 1.70 bits per heavy atom. The van der Waals surface area contributed by atoms with Crippen molar-refractivity contribution in [1.29, 1.82) is 0 Å². The maximum absolute atomic E-state index is 3.83. The Morgan fingerprint density at radius 3 is 2.50 bits per heavy atom. The van der Waals surface area contributed by atoms with Crippen molar-refractivity contribution in [1.82, 2.24) is 5.32 Å². The van der Waals surface area contributed by atoms with Gasteiger partial charge in [-0.3, -0.25) is 0 Å². The molecule has 0 aromatic rings.